The summed E-state index contributed by atoms with van der Waals surface area (Å²) in [6, 6.07) is 49.2. The van der Waals surface area contributed by atoms with E-state index in [0.717, 1.165) is 35.3 Å². The Hall–Kier alpha value is -11.0. The first kappa shape index (κ1) is 110. The monoisotopic (exact) mass is 1900 g/mol. The maximum atomic E-state index is 13.1. The zero-order valence-electron chi connectivity index (χ0n) is 77.2. The van der Waals surface area contributed by atoms with Gasteiger partial charge in [-0.15, -0.1) is 0 Å². The van der Waals surface area contributed by atoms with Gasteiger partial charge >= 0.3 is 54.8 Å². The maximum absolute atomic E-state index is 13.1. The molecule has 7 fully saturated rings. The summed E-state index contributed by atoms with van der Waals surface area (Å²) in [5, 5.41) is 78.7. The number of hydrogen-bond donors (Lipinski definition) is 15. The number of ketones is 7. The average Bonchev–Trinajstić information content (AvgIpc) is 0.824. The van der Waals surface area contributed by atoms with Crippen LogP contribution in [0.1, 0.15) is 192 Å². The zero-order valence-corrected chi connectivity index (χ0v) is 78.0. The Morgan fingerprint density at radius 3 is 1.29 bits per heavy atom. The lowest BCUT2D eigenvalue weighted by Crippen LogP contribution is -2.56. The molecule has 8 heterocycles. The van der Waals surface area contributed by atoms with E-state index in [-0.39, 0.29) is 127 Å². The molecule has 14 atom stereocenters. The fraction of sp³-hybridized carbons (Fsp3) is 0.473. The Morgan fingerprint density at radius 2 is 0.853 bits per heavy atom. The minimum atomic E-state index is -3.69. The highest BCUT2D eigenvalue weighted by Crippen LogP contribution is 2.28. The van der Waals surface area contributed by atoms with Gasteiger partial charge in [0.2, 0.25) is 27.6 Å². The largest absolute Gasteiger partial charge is 0.480 e. The molecule has 38 nitrogen and oxygen atoms in total. The first-order valence-corrected chi connectivity index (χ1v) is 47.0. The Labute approximate surface area is 794 Å². The van der Waals surface area contributed by atoms with E-state index in [1.807, 2.05) is 109 Å². The molecule has 0 radical (unpaired) electrons. The molecule has 7 aliphatic rings. The molecule has 6 aromatic rings. The fourth-order valence-electron chi connectivity index (χ4n) is 15.7. The van der Waals surface area contributed by atoms with E-state index in [0.29, 0.717) is 108 Å². The molecule has 6 amide bonds. The molecule has 5 aromatic carbocycles. The highest BCUT2D eigenvalue weighted by molar-refractivity contribution is 7.89. The highest BCUT2D eigenvalue weighted by atomic mass is 32.2. The van der Waals surface area contributed by atoms with E-state index in [1.54, 1.807) is 54.7 Å². The molecule has 1 aromatic heterocycles. The number of anilines is 1. The van der Waals surface area contributed by atoms with Crippen molar-refractivity contribution in [2.45, 2.75) is 266 Å². The Bertz CT molecular complexity index is 4890. The van der Waals surface area contributed by atoms with Crippen LogP contribution in [-0.2, 0) is 110 Å². The van der Waals surface area contributed by atoms with Gasteiger partial charge in [-0.2, -0.15) is 0 Å². The molecule has 0 bridgehead atoms. The fourth-order valence-corrected chi connectivity index (χ4v) is 17.0. The number of amidine groups is 1. The molecule has 0 saturated carbocycles. The van der Waals surface area contributed by atoms with Gasteiger partial charge in [0.05, 0.1) is 46.4 Å². The van der Waals surface area contributed by atoms with Crippen LogP contribution in [-0.4, -0.2) is 241 Å². The van der Waals surface area contributed by atoms with Crippen molar-refractivity contribution < 1.29 is 129 Å². The van der Waals surface area contributed by atoms with Gasteiger partial charge in [0.1, 0.15) is 59.1 Å². The molecule has 136 heavy (non-hydrogen) atoms. The van der Waals surface area contributed by atoms with Crippen molar-refractivity contribution in [3.63, 3.8) is 0 Å². The molecular weight excluding hydrogens is 1780 g/mol. The van der Waals surface area contributed by atoms with Crippen molar-refractivity contribution in [2.75, 3.05) is 11.9 Å². The maximum Gasteiger partial charge on any atom is 0.480 e. The SMILES string of the molecule is CC(=O)C[C@@H]1CC[C@H](N=C(N)Cc2ccccc2)B(O)O1.CC(=O)C[C@@H]1CC[C@H](NC(=O)NCc2ccccc2)B(O)O1.CC(=O)C[C@@H]1CC[C@H](NC(=O)OCc2ccccc2)B(O)O1.CC(=O)C[C@@H]1CC[C@H](NC(=O)[C@H](NC(=O)C2CCNC(=O)C2=O)c2ccccc2)B(O)O1.CC(=O)C[C@@H]1CC[C@H](NS(=O)(=O)c2ccccc2)B(O)O1.CC(=O)C[C@@H]1CC[C@H](Nc2ccccn2)B(O)O1. The summed E-state index contributed by atoms with van der Waals surface area (Å²) in [4.78, 5) is 148. The van der Waals surface area contributed by atoms with Crippen molar-refractivity contribution in [2.24, 2.45) is 16.6 Å². The molecule has 16 N–H and O–H groups in total. The minimum absolute atomic E-state index is 0.0180. The number of rotatable bonds is 31. The molecule has 0 spiro atoms. The summed E-state index contributed by atoms with van der Waals surface area (Å²) in [7, 11) is -10.3. The average molecular weight is 1900 g/mol. The van der Waals surface area contributed by atoms with Crippen LogP contribution in [0, 0.1) is 5.92 Å². The number of sulfonamides is 1. The molecule has 1 unspecified atom stereocenters. The number of aromatic nitrogens is 1. The van der Waals surface area contributed by atoms with Crippen molar-refractivity contribution in [1.29, 1.82) is 0 Å². The number of alkyl carbamates (subject to hydrolysis) is 1. The third kappa shape index (κ3) is 40.0. The quantitative estimate of drug-likeness (QED) is 0.00943. The van der Waals surface area contributed by atoms with Crippen LogP contribution in [0.15, 0.2) is 186 Å². The second-order valence-electron chi connectivity index (χ2n) is 34.3. The number of nitrogens with zero attached hydrogens (tertiary/aromatic N) is 2. The van der Waals surface area contributed by atoms with Crippen molar-refractivity contribution in [3.8, 4) is 0 Å². The molecule has 45 heteroatoms. The molecule has 728 valence electrons. The zero-order chi connectivity index (χ0) is 98.8. The lowest BCUT2D eigenvalue weighted by Gasteiger charge is -2.32. The van der Waals surface area contributed by atoms with E-state index in [4.69, 9.17) is 38.4 Å². The normalized spacial score (nSPS) is 22.9. The van der Waals surface area contributed by atoms with Crippen molar-refractivity contribution in [1.82, 2.24) is 41.6 Å². The van der Waals surface area contributed by atoms with Gasteiger partial charge in [0.25, 0.3) is 5.91 Å². The molecule has 7 aliphatic heterocycles. The summed E-state index contributed by atoms with van der Waals surface area (Å²) >= 11 is 0. The van der Waals surface area contributed by atoms with Gasteiger partial charge in [0, 0.05) is 101 Å². The van der Waals surface area contributed by atoms with Gasteiger partial charge in [-0.05, 0) is 172 Å². The number of nitrogens with two attached hydrogens (primary N) is 1. The van der Waals surface area contributed by atoms with Crippen LogP contribution >= 0.6 is 0 Å². The summed E-state index contributed by atoms with van der Waals surface area (Å²) in [5.41, 5.74) is 9.39. The Kier molecular flexibility index (Phi) is 46.4. The van der Waals surface area contributed by atoms with Gasteiger partial charge in [-0.1, -0.05) is 146 Å². The number of pyridine rings is 1. The topological polar surface area (TPSA) is 572 Å². The van der Waals surface area contributed by atoms with Crippen LogP contribution in [0.4, 0.5) is 15.4 Å². The predicted molar refractivity (Wildman–Crippen MR) is 507 cm³/mol. The number of amides is 6. The summed E-state index contributed by atoms with van der Waals surface area (Å²) in [5.74, 6) is -5.74. The summed E-state index contributed by atoms with van der Waals surface area (Å²) in [6.07, 6.45) is 8.91. The van der Waals surface area contributed by atoms with Crippen molar-refractivity contribution >= 4 is 135 Å². The number of carbonyl (C=O) groups is 12. The molecular formula is C91H123B6N11O27S. The third-order valence-electron chi connectivity index (χ3n) is 22.5. The van der Waals surface area contributed by atoms with E-state index in [9.17, 15) is 96.1 Å². The van der Waals surface area contributed by atoms with Crippen LogP contribution in [0.3, 0.4) is 0 Å². The first-order valence-electron chi connectivity index (χ1n) is 45.5. The number of carbonyl (C=O) groups excluding carboxylic acids is 12. The highest BCUT2D eigenvalue weighted by Gasteiger charge is 2.44. The lowest BCUT2D eigenvalue weighted by atomic mass is 9.72. The van der Waals surface area contributed by atoms with E-state index >= 15 is 0 Å². The standard InChI is InChI=1S/C21H26BN3O7.C15H21BN2O4.C15H21BN2O3.C15H20BNO5.C13H18BNO5S.C12H17BN2O3/c1-12(26)11-14-7-8-16(22(31)32-14)24-20(29)17(13-5-3-2-4-6-13)25-19(28)15-9-10-23-21(30)18(15)27;1-11(19)9-13-7-8-14(16(21)22-13)18-15(20)17-10-12-5-3-2-4-6-12;1-11(19)9-13-7-8-14(16(20)21-13)18-15(17)10-12-5-3-2-4-6-12;1-11(18)9-13-7-8-14(16(20)22-13)17-15(19)21-10-12-5-3-2-4-6-12;1-10(16)9-11-7-8-13(14(17)20-11)15-21(18,19)12-5-3-2-4-6-12;1-9(16)8-10-5-6-11(13(17)18-10)15-12-4-2-3-7-14-12/h2-6,14-17,31H,7-11H2,1H3,(H,23,30)(H,24,29)(H,25,28);2-6,13-14,21H,7-10H2,1H3,(H2,17,18,20);2-6,13-14,20H,7-10H2,1H3,(H2,17,18);2-6,13-14,20H,7-10H2,1H3,(H,17,19);2-6,11,13,15,17H,7-9H2,1H3;2-4,7,10-11,17H,5-6,8H2,1H3,(H,14,15)/t14-,15?,16-,17+;3*13-,14-;11-,13-;10-,11-/m000000/s1. The van der Waals surface area contributed by atoms with Crippen LogP contribution in [0.25, 0.3) is 0 Å². The summed E-state index contributed by atoms with van der Waals surface area (Å²) in [6.45, 7) is 9.73. The smallest absolute Gasteiger partial charge is 0.445 e. The molecule has 0 aliphatic carbocycles. The van der Waals surface area contributed by atoms with Crippen LogP contribution in [0.5, 0.6) is 0 Å². The minimum Gasteiger partial charge on any atom is -0.445 e. The van der Waals surface area contributed by atoms with Crippen molar-refractivity contribution in [3.05, 3.63) is 198 Å². The second-order valence-corrected chi connectivity index (χ2v) is 36.0. The number of Topliss-reactive ketones (excluding diaryl/α,β-unsaturated/α-hetero) is 7. The van der Waals surface area contributed by atoms with E-state index < -0.39 is 124 Å². The predicted octanol–water partition coefficient (Wildman–Crippen LogP) is 4.39. The van der Waals surface area contributed by atoms with Gasteiger partial charge in [-0.25, -0.2) is 27.7 Å². The molecule has 7 saturated heterocycles. The number of nitrogens with one attached hydrogen (secondary N) is 8. The third-order valence-corrected chi connectivity index (χ3v) is 24.1. The Balaban J connectivity index is 0.000000202. The Morgan fingerprint density at radius 1 is 0.463 bits per heavy atom. The van der Waals surface area contributed by atoms with Crippen LogP contribution in [0.2, 0.25) is 0 Å². The number of urea groups is 1. The number of aliphatic imine (C=N–C) groups is 1. The lowest BCUT2D eigenvalue weighted by molar-refractivity contribution is -0.147. The van der Waals surface area contributed by atoms with E-state index in [1.165, 1.54) is 53.7 Å². The first-order chi connectivity index (χ1) is 64.9. The van der Waals surface area contributed by atoms with Gasteiger partial charge < -0.3 is 106 Å². The molecule has 13 rings (SSSR count). The summed E-state index contributed by atoms with van der Waals surface area (Å²) < 4.78 is 64.2. The van der Waals surface area contributed by atoms with Crippen LogP contribution < -0.4 is 47.7 Å². The van der Waals surface area contributed by atoms with Gasteiger partial charge in [0.15, 0.2) is 0 Å². The number of hydrogen-bond acceptors (Lipinski definition) is 30. The number of ether oxygens (including phenoxy) is 1. The van der Waals surface area contributed by atoms with E-state index in [2.05, 4.69) is 51.9 Å². The van der Waals surface area contributed by atoms with Gasteiger partial charge in [-0.3, -0.25) is 52.9 Å². The number of benzene rings is 5. The second kappa shape index (κ2) is 57.2. The number of piperidine rings is 1.